The summed E-state index contributed by atoms with van der Waals surface area (Å²) in [6.07, 6.45) is 0.182. The molecule has 1 aromatic carbocycles. The predicted octanol–water partition coefficient (Wildman–Crippen LogP) is 2.26. The van der Waals surface area contributed by atoms with Crippen LogP contribution in [0.25, 0.3) is 0 Å². The second-order valence-electron chi connectivity index (χ2n) is 8.79. The highest BCUT2D eigenvalue weighted by atomic mass is 16.5. The van der Waals surface area contributed by atoms with E-state index in [4.69, 9.17) is 14.2 Å². The number of methoxy groups -OCH3 is 1. The zero-order valence-electron chi connectivity index (χ0n) is 17.9. The number of hydrogen-bond acceptors (Lipinski definition) is 6. The van der Waals surface area contributed by atoms with Crippen molar-refractivity contribution in [1.29, 1.82) is 0 Å². The maximum atomic E-state index is 13.6. The Bertz CT molecular complexity index is 776. The number of carbonyl (C=O) groups is 3. The predicted molar refractivity (Wildman–Crippen MR) is 108 cm³/mol. The van der Waals surface area contributed by atoms with E-state index in [2.05, 4.69) is 5.32 Å². The fourth-order valence-electron chi connectivity index (χ4n) is 4.09. The molecule has 2 fully saturated rings. The van der Waals surface area contributed by atoms with Gasteiger partial charge in [0.1, 0.15) is 18.7 Å². The molecule has 0 bridgehead atoms. The molecule has 2 heterocycles. The monoisotopic (exact) mass is 418 g/mol. The molecule has 0 spiro atoms. The Morgan fingerprint density at radius 3 is 2.57 bits per heavy atom. The zero-order valence-corrected chi connectivity index (χ0v) is 17.9. The maximum Gasteiger partial charge on any atom is 0.408 e. The molecule has 2 aliphatic heterocycles. The van der Waals surface area contributed by atoms with Gasteiger partial charge in [0.05, 0.1) is 19.3 Å². The lowest BCUT2D eigenvalue weighted by atomic mass is 9.85. The van der Waals surface area contributed by atoms with E-state index in [9.17, 15) is 14.4 Å². The van der Waals surface area contributed by atoms with Crippen molar-refractivity contribution < 1.29 is 28.6 Å². The largest absolute Gasteiger partial charge is 0.467 e. The number of benzene rings is 1. The van der Waals surface area contributed by atoms with Gasteiger partial charge in [-0.3, -0.25) is 4.79 Å². The fourth-order valence-corrected chi connectivity index (χ4v) is 4.09. The molecule has 0 aromatic heterocycles. The van der Waals surface area contributed by atoms with Crippen molar-refractivity contribution in [3.05, 3.63) is 35.9 Å². The minimum absolute atomic E-state index is 0.102. The third-order valence-corrected chi connectivity index (χ3v) is 5.64. The van der Waals surface area contributed by atoms with Gasteiger partial charge in [-0.05, 0) is 17.4 Å². The third kappa shape index (κ3) is 4.75. The summed E-state index contributed by atoms with van der Waals surface area (Å²) in [5.41, 5.74) is 0.253. The first-order chi connectivity index (χ1) is 14.2. The fraction of sp³-hybridized carbons (Fsp3) is 0.591. The van der Waals surface area contributed by atoms with Crippen molar-refractivity contribution in [2.24, 2.45) is 5.41 Å². The highest BCUT2D eigenvalue weighted by molar-refractivity contribution is 5.91. The van der Waals surface area contributed by atoms with Crippen LogP contribution >= 0.6 is 0 Å². The summed E-state index contributed by atoms with van der Waals surface area (Å²) >= 11 is 0. The summed E-state index contributed by atoms with van der Waals surface area (Å²) < 4.78 is 15.9. The van der Waals surface area contributed by atoms with E-state index in [1.807, 2.05) is 51.1 Å². The van der Waals surface area contributed by atoms with E-state index in [-0.39, 0.29) is 24.7 Å². The Balaban J connectivity index is 1.74. The van der Waals surface area contributed by atoms with Gasteiger partial charge in [0, 0.05) is 13.0 Å². The van der Waals surface area contributed by atoms with Crippen LogP contribution in [0.15, 0.2) is 30.3 Å². The van der Waals surface area contributed by atoms with Crippen molar-refractivity contribution >= 4 is 18.0 Å². The second-order valence-corrected chi connectivity index (χ2v) is 8.79. The van der Waals surface area contributed by atoms with Gasteiger partial charge in [0.25, 0.3) is 0 Å². The summed E-state index contributed by atoms with van der Waals surface area (Å²) in [7, 11) is 1.31. The number of carbonyl (C=O) groups excluding carboxylic acids is 3. The van der Waals surface area contributed by atoms with Crippen molar-refractivity contribution in [3.63, 3.8) is 0 Å². The molecule has 1 aromatic rings. The van der Waals surface area contributed by atoms with E-state index in [0.29, 0.717) is 19.4 Å². The topological polar surface area (TPSA) is 94.2 Å². The average molecular weight is 418 g/mol. The Kier molecular flexibility index (Phi) is 6.65. The number of likely N-dealkylation sites (tertiary alicyclic amines) is 1. The molecule has 164 valence electrons. The van der Waals surface area contributed by atoms with E-state index in [0.717, 1.165) is 5.56 Å². The minimum atomic E-state index is -0.868. The lowest BCUT2D eigenvalue weighted by Crippen LogP contribution is -2.58. The van der Waals surface area contributed by atoms with Gasteiger partial charge in [0.15, 0.2) is 0 Å². The molecule has 8 nitrogen and oxygen atoms in total. The smallest absolute Gasteiger partial charge is 0.408 e. The molecule has 1 unspecified atom stereocenters. The zero-order chi connectivity index (χ0) is 21.9. The average Bonchev–Trinajstić information content (AvgIpc) is 3.30. The summed E-state index contributed by atoms with van der Waals surface area (Å²) in [5, 5.41) is 2.72. The third-order valence-electron chi connectivity index (χ3n) is 5.64. The number of esters is 1. The van der Waals surface area contributed by atoms with Gasteiger partial charge in [-0.1, -0.05) is 51.1 Å². The number of nitrogens with one attached hydrogen (secondary N) is 1. The first-order valence-corrected chi connectivity index (χ1v) is 10.2. The van der Waals surface area contributed by atoms with Gasteiger partial charge in [-0.15, -0.1) is 0 Å². The highest BCUT2D eigenvalue weighted by Crippen LogP contribution is 2.36. The van der Waals surface area contributed by atoms with Gasteiger partial charge >= 0.3 is 12.1 Å². The molecule has 8 heteroatoms. The Hall–Kier alpha value is -2.61. The Morgan fingerprint density at radius 2 is 1.93 bits per heavy atom. The molecule has 0 radical (unpaired) electrons. The number of alkyl carbamates (subject to hydrolysis) is 1. The Morgan fingerprint density at radius 1 is 1.23 bits per heavy atom. The van der Waals surface area contributed by atoms with E-state index in [1.54, 1.807) is 4.90 Å². The number of fused-ring (bicyclic) bond motifs is 1. The maximum absolute atomic E-state index is 13.6. The molecule has 30 heavy (non-hydrogen) atoms. The minimum Gasteiger partial charge on any atom is -0.467 e. The first-order valence-electron chi connectivity index (χ1n) is 10.2. The number of ether oxygens (including phenoxy) is 3. The number of amides is 2. The molecule has 0 aliphatic carbocycles. The highest BCUT2D eigenvalue weighted by Gasteiger charge is 2.52. The van der Waals surface area contributed by atoms with Crippen LogP contribution in [0.1, 0.15) is 39.2 Å². The summed E-state index contributed by atoms with van der Waals surface area (Å²) in [6, 6.07) is 7.52. The van der Waals surface area contributed by atoms with E-state index in [1.165, 1.54) is 7.11 Å². The second kappa shape index (κ2) is 9.04. The van der Waals surface area contributed by atoms with Crippen LogP contribution in [0, 0.1) is 5.41 Å². The molecule has 4 atom stereocenters. The van der Waals surface area contributed by atoms with Crippen molar-refractivity contribution in [3.8, 4) is 0 Å². The molecular formula is C22H30N2O6. The molecular weight excluding hydrogens is 388 g/mol. The van der Waals surface area contributed by atoms with Crippen molar-refractivity contribution in [2.45, 2.75) is 64.4 Å². The summed E-state index contributed by atoms with van der Waals surface area (Å²) in [5.74, 6) is -0.798. The first kappa shape index (κ1) is 22.1. The van der Waals surface area contributed by atoms with E-state index < -0.39 is 29.6 Å². The normalized spacial score (nSPS) is 24.1. The van der Waals surface area contributed by atoms with E-state index >= 15 is 0 Å². The van der Waals surface area contributed by atoms with Gasteiger partial charge in [-0.2, -0.15) is 0 Å². The Labute approximate surface area is 176 Å². The van der Waals surface area contributed by atoms with Crippen LogP contribution < -0.4 is 5.32 Å². The van der Waals surface area contributed by atoms with Crippen LogP contribution in [0.3, 0.4) is 0 Å². The molecule has 2 saturated heterocycles. The van der Waals surface area contributed by atoms with Crippen LogP contribution in [-0.4, -0.2) is 60.8 Å². The quantitative estimate of drug-likeness (QED) is 0.737. The molecule has 3 rings (SSSR count). The summed E-state index contributed by atoms with van der Waals surface area (Å²) in [4.78, 5) is 39.9. The van der Waals surface area contributed by atoms with Gasteiger partial charge < -0.3 is 24.4 Å². The molecule has 2 aliphatic rings. The van der Waals surface area contributed by atoms with Crippen molar-refractivity contribution in [2.75, 3.05) is 13.7 Å². The van der Waals surface area contributed by atoms with Crippen LogP contribution in [0.4, 0.5) is 4.79 Å². The van der Waals surface area contributed by atoms with Crippen molar-refractivity contribution in [1.82, 2.24) is 10.2 Å². The number of rotatable bonds is 5. The van der Waals surface area contributed by atoms with Gasteiger partial charge in [0.2, 0.25) is 5.91 Å². The van der Waals surface area contributed by atoms with Gasteiger partial charge in [-0.25, -0.2) is 9.59 Å². The SMILES string of the molecule is COC(=O)C1C[C@H]2OCC[C@H]2N1C(=O)[C@@H](NC(=O)OCc1ccccc1)C(C)(C)C. The lowest BCUT2D eigenvalue weighted by molar-refractivity contribution is -0.154. The number of hydrogen-bond donors (Lipinski definition) is 1. The molecule has 0 saturated carbocycles. The molecule has 2 amide bonds. The molecule has 1 N–H and O–H groups in total. The van der Waals surface area contributed by atoms with Crippen LogP contribution in [-0.2, 0) is 30.4 Å². The lowest BCUT2D eigenvalue weighted by Gasteiger charge is -2.36. The summed E-state index contributed by atoms with van der Waals surface area (Å²) in [6.45, 7) is 6.22. The van der Waals surface area contributed by atoms with Crippen LogP contribution in [0.5, 0.6) is 0 Å². The number of nitrogens with zero attached hydrogens (tertiary/aromatic N) is 1. The van der Waals surface area contributed by atoms with Crippen LogP contribution in [0.2, 0.25) is 0 Å². The standard InChI is InChI=1S/C22H30N2O6/c1-22(2,3)18(23-21(27)30-13-14-8-6-5-7-9-14)19(25)24-15-10-11-29-17(15)12-16(24)20(26)28-4/h5-9,15-18H,10-13H2,1-4H3,(H,23,27)/t15-,16?,17-,18-/m1/s1.